The summed E-state index contributed by atoms with van der Waals surface area (Å²) in [6.45, 7) is 5.60. The number of hydrogen-bond acceptors (Lipinski definition) is 11. The topological polar surface area (TPSA) is 175 Å². The van der Waals surface area contributed by atoms with Gasteiger partial charge in [0.2, 0.25) is 0 Å². The lowest BCUT2D eigenvalue weighted by molar-refractivity contribution is -0.301. The van der Waals surface area contributed by atoms with Crippen LogP contribution in [0.25, 0.3) is 0 Å². The van der Waals surface area contributed by atoms with Crippen LogP contribution in [0.3, 0.4) is 0 Å². The molecule has 1 rings (SSSR count). The molecule has 0 bridgehead atoms. The summed E-state index contributed by atoms with van der Waals surface area (Å²) in [7, 11) is 0. The first-order chi connectivity index (χ1) is 32.6. The van der Waals surface area contributed by atoms with Crippen LogP contribution in [0.1, 0.15) is 175 Å². The van der Waals surface area contributed by atoms with E-state index in [0.29, 0.717) is 25.7 Å². The van der Waals surface area contributed by atoms with Gasteiger partial charge in [-0.05, 0) is 70.6 Å². The summed E-state index contributed by atoms with van der Waals surface area (Å²) in [5.74, 6) is -3.35. The van der Waals surface area contributed by atoms with Gasteiger partial charge in [-0.3, -0.25) is 14.4 Å². The van der Waals surface area contributed by atoms with Gasteiger partial charge in [0.05, 0.1) is 6.61 Å². The molecule has 3 N–H and O–H groups in total. The first-order valence-corrected chi connectivity index (χ1v) is 25.2. The van der Waals surface area contributed by atoms with Crippen LogP contribution < -0.4 is 0 Å². The van der Waals surface area contributed by atoms with Crippen LogP contribution in [-0.4, -0.2) is 89.2 Å². The van der Waals surface area contributed by atoms with Gasteiger partial charge in [0, 0.05) is 19.3 Å². The van der Waals surface area contributed by atoms with E-state index in [4.69, 9.17) is 23.7 Å². The number of carbonyl (C=O) groups excluding carboxylic acids is 3. The summed E-state index contributed by atoms with van der Waals surface area (Å²) in [4.78, 5) is 50.7. The van der Waals surface area contributed by atoms with Crippen LogP contribution in [0.5, 0.6) is 0 Å². The Labute approximate surface area is 403 Å². The molecule has 1 aliphatic rings. The van der Waals surface area contributed by atoms with Crippen molar-refractivity contribution in [3.63, 3.8) is 0 Å². The maximum absolute atomic E-state index is 13.0. The number of aliphatic hydroxyl groups is 2. The molecule has 1 saturated heterocycles. The molecule has 12 heteroatoms. The molecule has 1 aliphatic heterocycles. The molecule has 67 heavy (non-hydrogen) atoms. The van der Waals surface area contributed by atoms with Gasteiger partial charge in [-0.25, -0.2) is 4.79 Å². The summed E-state index contributed by atoms with van der Waals surface area (Å²) in [5.41, 5.74) is 0. The highest BCUT2D eigenvalue weighted by atomic mass is 16.7. The minimum atomic E-state index is -1.94. The van der Waals surface area contributed by atoms with Crippen LogP contribution in [0.2, 0.25) is 0 Å². The van der Waals surface area contributed by atoms with Gasteiger partial charge in [0.1, 0.15) is 18.8 Å². The SMILES string of the molecule is CC/C=C\C/C=C\C/C=C\C/C=C\CCC(=O)OCC(COC1OC(C(=O)O)C(O)C(O)C1OC(=O)CC/C=C\C/C=C\C/C=C\C/C=C\CC)OC(=O)CCCCCCCCCCCCC. The first kappa shape index (κ1) is 60.7. The average Bonchev–Trinajstić information content (AvgIpc) is 3.31. The van der Waals surface area contributed by atoms with E-state index in [-0.39, 0.29) is 25.9 Å². The molecule has 12 nitrogen and oxygen atoms in total. The van der Waals surface area contributed by atoms with Crippen molar-refractivity contribution in [2.45, 2.75) is 212 Å². The third kappa shape index (κ3) is 33.7. The molecular weight excluding hydrogens is 853 g/mol. The fourth-order valence-electron chi connectivity index (χ4n) is 6.86. The molecule has 0 saturated carbocycles. The van der Waals surface area contributed by atoms with Gasteiger partial charge >= 0.3 is 23.9 Å². The fourth-order valence-corrected chi connectivity index (χ4v) is 6.86. The van der Waals surface area contributed by atoms with Crippen LogP contribution in [0, 0.1) is 0 Å². The van der Waals surface area contributed by atoms with E-state index in [1.165, 1.54) is 44.9 Å². The lowest BCUT2D eigenvalue weighted by Crippen LogP contribution is -2.61. The molecule has 1 fully saturated rings. The standard InChI is InChI=1S/C55H86O12/c1-4-7-10-13-16-19-22-24-27-29-32-35-38-41-47(56)63-44-46(65-48(57)42-39-36-33-30-26-21-18-15-12-9-6-3)45-64-55-53(51(60)50(59)52(67-55)54(61)62)66-49(58)43-40-37-34-31-28-25-23-20-17-14-11-8-5-2/h7-8,10-11,16-17,19-20,24-25,27-28,32,34-35,37,46,50-53,55,59-60H,4-6,9,12-15,18,21-23,26,29-31,33,36,38-45H2,1-3H3,(H,61,62)/b10-7-,11-8-,19-16-,20-17-,27-24-,28-25-,35-32-,37-34-. The molecule has 0 aromatic rings. The van der Waals surface area contributed by atoms with Gasteiger partial charge in [-0.1, -0.05) is 182 Å². The van der Waals surface area contributed by atoms with Crippen molar-refractivity contribution in [1.29, 1.82) is 0 Å². The summed E-state index contributed by atoms with van der Waals surface area (Å²) < 4.78 is 28.1. The Bertz CT molecular complexity index is 1540. The monoisotopic (exact) mass is 939 g/mol. The molecule has 0 aromatic heterocycles. The van der Waals surface area contributed by atoms with E-state index < -0.39 is 67.3 Å². The average molecular weight is 939 g/mol. The molecule has 0 spiro atoms. The minimum absolute atomic E-state index is 0.0707. The molecule has 6 unspecified atom stereocenters. The predicted molar refractivity (Wildman–Crippen MR) is 266 cm³/mol. The van der Waals surface area contributed by atoms with Crippen LogP contribution in [-0.2, 0) is 42.9 Å². The van der Waals surface area contributed by atoms with Crippen LogP contribution in [0.4, 0.5) is 0 Å². The van der Waals surface area contributed by atoms with Gasteiger partial charge in [-0.2, -0.15) is 0 Å². The zero-order valence-corrected chi connectivity index (χ0v) is 41.1. The lowest BCUT2D eigenvalue weighted by atomic mass is 9.98. The molecule has 0 radical (unpaired) electrons. The molecule has 378 valence electrons. The van der Waals surface area contributed by atoms with Gasteiger partial charge in [0.25, 0.3) is 0 Å². The van der Waals surface area contributed by atoms with Crippen LogP contribution in [0.15, 0.2) is 97.2 Å². The highest BCUT2D eigenvalue weighted by molar-refractivity contribution is 5.74. The van der Waals surface area contributed by atoms with Crippen molar-refractivity contribution < 1.29 is 58.2 Å². The molecule has 1 heterocycles. The van der Waals surface area contributed by atoms with Crippen molar-refractivity contribution in [3.05, 3.63) is 97.2 Å². The van der Waals surface area contributed by atoms with E-state index >= 15 is 0 Å². The van der Waals surface area contributed by atoms with Crippen LogP contribution >= 0.6 is 0 Å². The number of allylic oxidation sites excluding steroid dienone is 16. The van der Waals surface area contributed by atoms with Gasteiger partial charge in [0.15, 0.2) is 24.6 Å². The lowest BCUT2D eigenvalue weighted by Gasteiger charge is -2.40. The second kappa shape index (κ2) is 43.0. The van der Waals surface area contributed by atoms with Gasteiger partial charge < -0.3 is 39.0 Å². The predicted octanol–water partition coefficient (Wildman–Crippen LogP) is 11.8. The molecular formula is C55H86O12. The van der Waals surface area contributed by atoms with Crippen molar-refractivity contribution in [2.75, 3.05) is 13.2 Å². The Balaban J connectivity index is 2.83. The van der Waals surface area contributed by atoms with Crippen molar-refractivity contribution >= 4 is 23.9 Å². The van der Waals surface area contributed by atoms with E-state index in [1.54, 1.807) is 0 Å². The zero-order valence-electron chi connectivity index (χ0n) is 41.1. The van der Waals surface area contributed by atoms with E-state index in [2.05, 4.69) is 87.6 Å². The Morgan fingerprint density at radius 2 is 0.940 bits per heavy atom. The van der Waals surface area contributed by atoms with E-state index in [9.17, 15) is 34.5 Å². The normalized spacial score (nSPS) is 19.7. The summed E-state index contributed by atoms with van der Waals surface area (Å²) in [6, 6.07) is 0. The second-order valence-corrected chi connectivity index (χ2v) is 16.7. The third-order valence-electron chi connectivity index (χ3n) is 10.7. The van der Waals surface area contributed by atoms with E-state index in [1.807, 2.05) is 30.4 Å². The van der Waals surface area contributed by atoms with Crippen molar-refractivity contribution in [2.24, 2.45) is 0 Å². The number of carboxylic acids is 1. The zero-order chi connectivity index (χ0) is 49.0. The molecule has 0 aromatic carbocycles. The maximum atomic E-state index is 13.0. The van der Waals surface area contributed by atoms with Crippen molar-refractivity contribution in [1.82, 2.24) is 0 Å². The Hall–Kier alpha value is -4.36. The van der Waals surface area contributed by atoms with Crippen molar-refractivity contribution in [3.8, 4) is 0 Å². The number of hydrogen-bond donors (Lipinski definition) is 3. The molecule has 0 amide bonds. The summed E-state index contributed by atoms with van der Waals surface area (Å²) in [5, 5.41) is 31.2. The number of carbonyl (C=O) groups is 4. The second-order valence-electron chi connectivity index (χ2n) is 16.7. The highest BCUT2D eigenvalue weighted by Crippen LogP contribution is 2.26. The summed E-state index contributed by atoms with van der Waals surface area (Å²) >= 11 is 0. The quantitative estimate of drug-likeness (QED) is 0.0230. The fraction of sp³-hybridized carbons (Fsp3) is 0.636. The number of unbranched alkanes of at least 4 members (excludes halogenated alkanes) is 10. The number of carboxylic acid groups (broad SMARTS) is 1. The Kier molecular flexibility index (Phi) is 38.9. The molecule has 0 aliphatic carbocycles. The first-order valence-electron chi connectivity index (χ1n) is 25.2. The Morgan fingerprint density at radius 3 is 1.40 bits per heavy atom. The number of aliphatic hydroxyl groups excluding tert-OH is 2. The minimum Gasteiger partial charge on any atom is -0.479 e. The smallest absolute Gasteiger partial charge is 0.335 e. The number of rotatable bonds is 40. The highest BCUT2D eigenvalue weighted by Gasteiger charge is 2.50. The summed E-state index contributed by atoms with van der Waals surface area (Å²) in [6.07, 6.45) is 43.0. The number of aliphatic carboxylic acids is 1. The van der Waals surface area contributed by atoms with E-state index in [0.717, 1.165) is 64.2 Å². The number of esters is 3. The number of ether oxygens (including phenoxy) is 5. The largest absolute Gasteiger partial charge is 0.479 e. The maximum Gasteiger partial charge on any atom is 0.335 e. The van der Waals surface area contributed by atoms with Gasteiger partial charge in [-0.15, -0.1) is 0 Å². The molecule has 6 atom stereocenters. The Morgan fingerprint density at radius 1 is 0.507 bits per heavy atom. The third-order valence-corrected chi connectivity index (χ3v) is 10.7.